The number of anilines is 1. The first-order valence-corrected chi connectivity index (χ1v) is 14.3. The molecule has 2 aromatic heterocycles. The Morgan fingerprint density at radius 2 is 1.92 bits per heavy atom. The second kappa shape index (κ2) is 12.0. The monoisotopic (exact) mass is 529 g/mol. The fourth-order valence-corrected chi connectivity index (χ4v) is 6.57. The van der Waals surface area contributed by atoms with Crippen molar-refractivity contribution in [3.05, 3.63) is 76.1 Å². The molecule has 0 bridgehead atoms. The van der Waals surface area contributed by atoms with Crippen molar-refractivity contribution in [1.29, 1.82) is 5.26 Å². The minimum absolute atomic E-state index is 0.0125. The Balaban J connectivity index is 1.22. The second-order valence-corrected chi connectivity index (χ2v) is 11.1. The molecule has 2 fully saturated rings. The third kappa shape index (κ3) is 5.85. The maximum Gasteiger partial charge on any atom is 0.226 e. The summed E-state index contributed by atoms with van der Waals surface area (Å²) in [7, 11) is 1.69. The van der Waals surface area contributed by atoms with Crippen molar-refractivity contribution < 1.29 is 9.53 Å². The molecule has 1 saturated carbocycles. The Morgan fingerprint density at radius 3 is 2.55 bits per heavy atom. The van der Waals surface area contributed by atoms with E-state index in [1.54, 1.807) is 30.7 Å². The number of nitrogens with zero attached hydrogens (tertiary/aromatic N) is 4. The van der Waals surface area contributed by atoms with Gasteiger partial charge in [-0.3, -0.25) is 4.79 Å². The number of rotatable bonds is 7. The van der Waals surface area contributed by atoms with Gasteiger partial charge in [0.15, 0.2) is 0 Å². The van der Waals surface area contributed by atoms with E-state index in [0.717, 1.165) is 43.9 Å². The van der Waals surface area contributed by atoms with Crippen LogP contribution in [0, 0.1) is 17.2 Å². The Kier molecular flexibility index (Phi) is 8.26. The molecule has 0 spiro atoms. The van der Waals surface area contributed by atoms with Crippen molar-refractivity contribution in [2.75, 3.05) is 38.2 Å². The van der Waals surface area contributed by atoms with Crippen LogP contribution in [-0.4, -0.2) is 55.1 Å². The molecule has 1 aliphatic heterocycles. The van der Waals surface area contributed by atoms with Gasteiger partial charge in [-0.25, -0.2) is 4.98 Å². The van der Waals surface area contributed by atoms with Gasteiger partial charge in [-0.1, -0.05) is 12.1 Å². The van der Waals surface area contributed by atoms with Crippen LogP contribution in [0.4, 0.5) is 5.82 Å². The number of ether oxygens (including phenoxy) is 1. The van der Waals surface area contributed by atoms with Gasteiger partial charge in [0, 0.05) is 50.4 Å². The number of thiophene rings is 1. The van der Waals surface area contributed by atoms with Gasteiger partial charge in [0.2, 0.25) is 5.91 Å². The van der Waals surface area contributed by atoms with Crippen LogP contribution >= 0.6 is 11.3 Å². The number of aromatic nitrogens is 1. The summed E-state index contributed by atoms with van der Waals surface area (Å²) in [6, 6.07) is 16.8. The number of piperazine rings is 1. The van der Waals surface area contributed by atoms with E-state index in [4.69, 9.17) is 10.00 Å². The molecule has 2 aliphatic rings. The van der Waals surface area contributed by atoms with Crippen molar-refractivity contribution in [1.82, 2.24) is 15.2 Å². The van der Waals surface area contributed by atoms with Gasteiger partial charge < -0.3 is 19.9 Å². The molecule has 0 radical (unpaired) electrons. The molecule has 5 rings (SSSR count). The molecule has 38 heavy (non-hydrogen) atoms. The Bertz CT molecular complexity index is 1230. The van der Waals surface area contributed by atoms with E-state index in [-0.39, 0.29) is 23.8 Å². The highest BCUT2D eigenvalue weighted by Crippen LogP contribution is 2.40. The number of amides is 1. The molecule has 1 aromatic carbocycles. The smallest absolute Gasteiger partial charge is 0.226 e. The Hall–Kier alpha value is -3.41. The first kappa shape index (κ1) is 26.2. The molecule has 3 aromatic rings. The third-order valence-electron chi connectivity index (χ3n) is 8.03. The number of benzene rings is 1. The summed E-state index contributed by atoms with van der Waals surface area (Å²) >= 11 is 1.71. The molecule has 198 valence electrons. The number of pyridine rings is 1. The van der Waals surface area contributed by atoms with E-state index < -0.39 is 0 Å². The quantitative estimate of drug-likeness (QED) is 0.465. The molecular formula is C30H35N5O2S. The minimum atomic E-state index is 0.0125. The molecule has 1 saturated heterocycles. The molecule has 1 N–H and O–H groups in total. The number of carbonyl (C=O) groups excluding carboxylic acids is 1. The lowest BCUT2D eigenvalue weighted by Gasteiger charge is -2.41. The zero-order valence-electron chi connectivity index (χ0n) is 22.0. The third-order valence-corrected chi connectivity index (χ3v) is 8.73. The van der Waals surface area contributed by atoms with E-state index in [1.165, 1.54) is 11.1 Å². The number of nitriles is 1. The van der Waals surface area contributed by atoms with Gasteiger partial charge in [-0.15, -0.1) is 0 Å². The van der Waals surface area contributed by atoms with Crippen LogP contribution in [-0.2, 0) is 4.79 Å². The van der Waals surface area contributed by atoms with Crippen LogP contribution in [0.3, 0.4) is 0 Å². The van der Waals surface area contributed by atoms with Crippen molar-refractivity contribution in [3.63, 3.8) is 0 Å². The van der Waals surface area contributed by atoms with Crippen LogP contribution in [0.15, 0.2) is 59.4 Å². The first-order valence-electron chi connectivity index (χ1n) is 13.4. The van der Waals surface area contributed by atoms with Gasteiger partial charge >= 0.3 is 0 Å². The fraction of sp³-hybridized carbons (Fsp3) is 0.433. The first-order chi connectivity index (χ1) is 18.6. The zero-order chi connectivity index (χ0) is 26.5. The summed E-state index contributed by atoms with van der Waals surface area (Å²) in [5.74, 6) is 2.26. The SMILES string of the molecule is COc1ccc([C@@H](C)N[C@@H]2CC[C@H](C(=O)N3CCN(c4ccc(C#N)cn4)CC3)[C@@H](c3ccsc3)C2)cc1. The number of carbonyl (C=O) groups is 1. The zero-order valence-corrected chi connectivity index (χ0v) is 22.9. The summed E-state index contributed by atoms with van der Waals surface area (Å²) in [5, 5.41) is 17.2. The second-order valence-electron chi connectivity index (χ2n) is 10.3. The minimum Gasteiger partial charge on any atom is -0.497 e. The summed E-state index contributed by atoms with van der Waals surface area (Å²) in [6.07, 6.45) is 4.46. The predicted molar refractivity (Wildman–Crippen MR) is 150 cm³/mol. The highest BCUT2D eigenvalue weighted by molar-refractivity contribution is 7.08. The maximum atomic E-state index is 13.8. The van der Waals surface area contributed by atoms with Crippen LogP contribution in [0.2, 0.25) is 0 Å². The van der Waals surface area contributed by atoms with Crippen LogP contribution in [0.25, 0.3) is 0 Å². The lowest BCUT2D eigenvalue weighted by molar-refractivity contribution is -0.137. The number of nitrogens with one attached hydrogen (secondary N) is 1. The highest BCUT2D eigenvalue weighted by atomic mass is 32.1. The Labute approximate surface area is 229 Å². The normalized spacial score (nSPS) is 22.5. The predicted octanol–water partition coefficient (Wildman–Crippen LogP) is 4.98. The molecular weight excluding hydrogens is 494 g/mol. The lowest BCUT2D eigenvalue weighted by Crippen LogP contribution is -2.52. The van der Waals surface area contributed by atoms with Gasteiger partial charge in [0.25, 0.3) is 0 Å². The van der Waals surface area contributed by atoms with Crippen LogP contribution < -0.4 is 15.0 Å². The number of hydrogen-bond acceptors (Lipinski definition) is 7. The summed E-state index contributed by atoms with van der Waals surface area (Å²) in [5.41, 5.74) is 3.09. The van der Waals surface area contributed by atoms with E-state index >= 15 is 0 Å². The van der Waals surface area contributed by atoms with Crippen molar-refractivity contribution in [2.24, 2.45) is 5.92 Å². The topological polar surface area (TPSA) is 81.5 Å². The molecule has 3 heterocycles. The summed E-state index contributed by atoms with van der Waals surface area (Å²) in [4.78, 5) is 22.5. The number of hydrogen-bond donors (Lipinski definition) is 1. The number of methoxy groups -OCH3 is 1. The van der Waals surface area contributed by atoms with Crippen LogP contribution in [0.5, 0.6) is 5.75 Å². The van der Waals surface area contributed by atoms with E-state index in [0.29, 0.717) is 24.7 Å². The molecule has 8 heteroatoms. The molecule has 4 atom stereocenters. The van der Waals surface area contributed by atoms with Crippen molar-refractivity contribution >= 4 is 23.1 Å². The fourth-order valence-electron chi connectivity index (χ4n) is 5.84. The van der Waals surface area contributed by atoms with Gasteiger partial charge in [0.05, 0.1) is 12.7 Å². The molecule has 1 amide bonds. The standard InChI is InChI=1S/C30H35N5O2S/c1-21(23-4-7-26(37-2)8-5-23)33-25-6-9-27(28(17-25)24-11-16-38-20-24)30(36)35-14-12-34(13-15-35)29-10-3-22(18-31)19-32-29/h3-5,7-8,10-11,16,19-21,25,27-28,33H,6,9,12-15,17H2,1-2H3/t21-,25-,27+,28-/m1/s1. The van der Waals surface area contributed by atoms with Gasteiger partial charge in [-0.2, -0.15) is 16.6 Å². The van der Waals surface area contributed by atoms with E-state index in [1.807, 2.05) is 18.2 Å². The van der Waals surface area contributed by atoms with E-state index in [2.05, 4.69) is 62.1 Å². The largest absolute Gasteiger partial charge is 0.497 e. The van der Waals surface area contributed by atoms with Crippen molar-refractivity contribution in [3.8, 4) is 11.8 Å². The Morgan fingerprint density at radius 1 is 1.13 bits per heavy atom. The summed E-state index contributed by atoms with van der Waals surface area (Å²) < 4.78 is 5.30. The van der Waals surface area contributed by atoms with Gasteiger partial charge in [0.1, 0.15) is 17.6 Å². The lowest BCUT2D eigenvalue weighted by atomic mass is 9.73. The summed E-state index contributed by atoms with van der Waals surface area (Å²) in [6.45, 7) is 5.11. The van der Waals surface area contributed by atoms with Gasteiger partial charge in [-0.05, 0) is 84.3 Å². The average molecular weight is 530 g/mol. The molecule has 1 aliphatic carbocycles. The van der Waals surface area contributed by atoms with Crippen molar-refractivity contribution in [2.45, 2.75) is 44.2 Å². The average Bonchev–Trinajstić information content (AvgIpc) is 3.52. The van der Waals surface area contributed by atoms with Crippen LogP contribution in [0.1, 0.15) is 54.8 Å². The molecule has 0 unspecified atom stereocenters. The maximum absolute atomic E-state index is 13.8. The highest BCUT2D eigenvalue weighted by Gasteiger charge is 2.39. The van der Waals surface area contributed by atoms with E-state index in [9.17, 15) is 4.79 Å². The molecule has 7 nitrogen and oxygen atoms in total.